The first kappa shape index (κ1) is 20.4. The molecule has 0 aliphatic rings. The maximum absolute atomic E-state index is 12.2. The van der Waals surface area contributed by atoms with Crippen molar-refractivity contribution >= 4 is 11.7 Å². The normalized spacial score (nSPS) is 11.1. The number of nitrogens with zero attached hydrogens (tertiary/aromatic N) is 1. The summed E-state index contributed by atoms with van der Waals surface area (Å²) >= 11 is 0. The van der Waals surface area contributed by atoms with Gasteiger partial charge in [-0.15, -0.1) is 0 Å². The van der Waals surface area contributed by atoms with Crippen molar-refractivity contribution in [1.82, 2.24) is 10.3 Å². The number of hydrogen-bond donors (Lipinski definition) is 1. The molecule has 27 heavy (non-hydrogen) atoms. The summed E-state index contributed by atoms with van der Waals surface area (Å²) < 4.78 is 41.4. The number of benzene rings is 1. The van der Waals surface area contributed by atoms with Crippen LogP contribution in [0, 0.1) is 6.92 Å². The quantitative estimate of drug-likeness (QED) is 0.800. The van der Waals surface area contributed by atoms with Crippen LogP contribution < -0.4 is 10.1 Å². The van der Waals surface area contributed by atoms with Crippen molar-refractivity contribution in [2.75, 3.05) is 6.61 Å². The molecule has 0 spiro atoms. The third-order valence-corrected chi connectivity index (χ3v) is 3.59. The third kappa shape index (κ3) is 6.73. The third-order valence-electron chi connectivity index (χ3n) is 3.59. The Balaban J connectivity index is 1.97. The van der Waals surface area contributed by atoms with E-state index in [-0.39, 0.29) is 30.4 Å². The highest BCUT2D eigenvalue weighted by molar-refractivity contribution is 5.94. The molecule has 1 aromatic carbocycles. The number of pyridine rings is 1. The molecule has 0 atom stereocenters. The number of Topliss-reactive ketones (excluding diaryl/α,β-unsaturated/α-hetero) is 1. The van der Waals surface area contributed by atoms with Gasteiger partial charge < -0.3 is 10.1 Å². The molecule has 5 nitrogen and oxygen atoms in total. The highest BCUT2D eigenvalue weighted by Gasteiger charge is 2.28. The Morgan fingerprint density at radius 1 is 1.19 bits per heavy atom. The summed E-state index contributed by atoms with van der Waals surface area (Å²) in [6.07, 6.45) is -2.78. The molecule has 0 radical (unpaired) electrons. The first-order valence-electron chi connectivity index (χ1n) is 8.15. The predicted molar refractivity (Wildman–Crippen MR) is 92.5 cm³/mol. The largest absolute Gasteiger partial charge is 0.484 e. The molecule has 0 aliphatic heterocycles. The number of ketones is 1. The Bertz CT molecular complexity index is 835. The zero-order valence-electron chi connectivity index (χ0n) is 14.9. The number of rotatable bonds is 7. The van der Waals surface area contributed by atoms with Gasteiger partial charge in [0.25, 0.3) is 5.91 Å². The molecule has 1 heterocycles. The maximum atomic E-state index is 12.2. The van der Waals surface area contributed by atoms with Gasteiger partial charge in [-0.3, -0.25) is 14.6 Å². The van der Waals surface area contributed by atoms with Crippen molar-refractivity contribution in [3.63, 3.8) is 0 Å². The average molecular weight is 380 g/mol. The van der Waals surface area contributed by atoms with Crippen LogP contribution in [-0.2, 0) is 17.8 Å². The van der Waals surface area contributed by atoms with Gasteiger partial charge in [-0.1, -0.05) is 12.1 Å². The van der Waals surface area contributed by atoms with E-state index in [0.29, 0.717) is 16.8 Å². The van der Waals surface area contributed by atoms with E-state index in [4.69, 9.17) is 4.74 Å². The molecule has 0 aliphatic carbocycles. The number of hydrogen-bond acceptors (Lipinski definition) is 4. The van der Waals surface area contributed by atoms with Crippen LogP contribution in [0.15, 0.2) is 36.5 Å². The van der Waals surface area contributed by atoms with Gasteiger partial charge in [0.1, 0.15) is 11.5 Å². The summed E-state index contributed by atoms with van der Waals surface area (Å²) in [7, 11) is 0. The summed E-state index contributed by atoms with van der Waals surface area (Å²) in [5.74, 6) is -0.244. The highest BCUT2D eigenvalue weighted by Crippen LogP contribution is 2.22. The van der Waals surface area contributed by atoms with E-state index in [2.05, 4.69) is 10.3 Å². The second kappa shape index (κ2) is 8.66. The number of amides is 1. The van der Waals surface area contributed by atoms with Crippen LogP contribution in [0.2, 0.25) is 0 Å². The minimum atomic E-state index is -4.40. The van der Waals surface area contributed by atoms with Crippen molar-refractivity contribution in [2.45, 2.75) is 33.0 Å². The number of carbonyl (C=O) groups is 2. The lowest BCUT2D eigenvalue weighted by Crippen LogP contribution is -2.23. The molecule has 1 amide bonds. The fraction of sp³-hybridized carbons (Fsp3) is 0.316. The highest BCUT2D eigenvalue weighted by atomic mass is 19.4. The zero-order chi connectivity index (χ0) is 20.0. The van der Waals surface area contributed by atoms with E-state index in [1.165, 1.54) is 25.3 Å². The molecular formula is C19H19F3N2O3. The van der Waals surface area contributed by atoms with Crippen LogP contribution in [0.3, 0.4) is 0 Å². The van der Waals surface area contributed by atoms with E-state index in [1.807, 2.05) is 0 Å². The summed E-state index contributed by atoms with van der Waals surface area (Å²) in [6.45, 7) is 1.92. The van der Waals surface area contributed by atoms with Crippen molar-refractivity contribution < 1.29 is 27.5 Å². The van der Waals surface area contributed by atoms with E-state index >= 15 is 0 Å². The molecule has 0 saturated carbocycles. The molecule has 2 rings (SSSR count). The molecule has 0 saturated heterocycles. The smallest absolute Gasteiger partial charge is 0.422 e. The van der Waals surface area contributed by atoms with Gasteiger partial charge in [0.05, 0.1) is 0 Å². The van der Waals surface area contributed by atoms with Crippen LogP contribution in [-0.4, -0.2) is 29.5 Å². The fourth-order valence-electron chi connectivity index (χ4n) is 2.40. The lowest BCUT2D eigenvalue weighted by Gasteiger charge is -2.13. The second-order valence-electron chi connectivity index (χ2n) is 6.10. The molecule has 1 N–H and O–H groups in total. The van der Waals surface area contributed by atoms with Gasteiger partial charge in [-0.2, -0.15) is 13.2 Å². The van der Waals surface area contributed by atoms with Crippen LogP contribution in [0.4, 0.5) is 13.2 Å². The lowest BCUT2D eigenvalue weighted by molar-refractivity contribution is -0.153. The molecule has 1 aromatic heterocycles. The Morgan fingerprint density at radius 2 is 1.93 bits per heavy atom. The molecule has 8 heteroatoms. The number of carbonyl (C=O) groups excluding carboxylic acids is 2. The van der Waals surface area contributed by atoms with E-state index in [9.17, 15) is 22.8 Å². The maximum Gasteiger partial charge on any atom is 0.422 e. The van der Waals surface area contributed by atoms with E-state index in [1.54, 1.807) is 25.1 Å². The van der Waals surface area contributed by atoms with Gasteiger partial charge in [-0.25, -0.2) is 0 Å². The van der Waals surface area contributed by atoms with Gasteiger partial charge in [-0.05, 0) is 43.2 Å². The number of halogens is 3. The monoisotopic (exact) mass is 380 g/mol. The van der Waals surface area contributed by atoms with Crippen molar-refractivity contribution in [3.8, 4) is 5.75 Å². The molecule has 0 bridgehead atoms. The summed E-state index contributed by atoms with van der Waals surface area (Å²) in [5.41, 5.74) is 2.15. The van der Waals surface area contributed by atoms with Crippen LogP contribution in [0.25, 0.3) is 0 Å². The first-order chi connectivity index (χ1) is 12.6. The minimum absolute atomic E-state index is 0.0524. The van der Waals surface area contributed by atoms with Crippen LogP contribution in [0.5, 0.6) is 5.75 Å². The van der Waals surface area contributed by atoms with Crippen molar-refractivity contribution in [1.29, 1.82) is 0 Å². The summed E-state index contributed by atoms with van der Waals surface area (Å²) in [4.78, 5) is 27.4. The number of aromatic nitrogens is 1. The molecule has 0 fully saturated rings. The SMILES string of the molecule is CC(=O)Cc1cc(C(=O)NCc2ccc(OCC(F)(F)F)c(C)c2)ccn1. The standard InChI is InChI=1S/C19H19F3N2O3/c1-12-7-14(3-4-17(12)27-11-19(20,21)22)10-24-18(26)15-5-6-23-16(9-15)8-13(2)25/h3-7,9H,8,10-11H2,1-2H3,(H,24,26). The first-order valence-corrected chi connectivity index (χ1v) is 8.15. The van der Waals surface area contributed by atoms with E-state index in [0.717, 1.165) is 5.56 Å². The second-order valence-corrected chi connectivity index (χ2v) is 6.10. The topological polar surface area (TPSA) is 68.3 Å². The average Bonchev–Trinajstić information content (AvgIpc) is 2.57. The molecule has 0 unspecified atom stereocenters. The fourth-order valence-corrected chi connectivity index (χ4v) is 2.40. The van der Waals surface area contributed by atoms with Gasteiger partial charge in [0, 0.05) is 30.4 Å². The predicted octanol–water partition coefficient (Wildman–Crippen LogP) is 3.39. The van der Waals surface area contributed by atoms with Gasteiger partial charge >= 0.3 is 6.18 Å². The van der Waals surface area contributed by atoms with Crippen LogP contribution in [0.1, 0.15) is 34.1 Å². The van der Waals surface area contributed by atoms with Crippen molar-refractivity contribution in [3.05, 3.63) is 58.9 Å². The number of ether oxygens (including phenoxy) is 1. The number of alkyl halides is 3. The van der Waals surface area contributed by atoms with Gasteiger partial charge in [0.2, 0.25) is 0 Å². The van der Waals surface area contributed by atoms with Crippen molar-refractivity contribution in [2.24, 2.45) is 0 Å². The Hall–Kier alpha value is -2.90. The summed E-state index contributed by atoms with van der Waals surface area (Å²) in [5, 5.41) is 2.73. The minimum Gasteiger partial charge on any atom is -0.484 e. The number of nitrogens with one attached hydrogen (secondary N) is 1. The number of aryl methyl sites for hydroxylation is 1. The lowest BCUT2D eigenvalue weighted by atomic mass is 10.1. The Kier molecular flexibility index (Phi) is 6.55. The van der Waals surface area contributed by atoms with E-state index < -0.39 is 12.8 Å². The van der Waals surface area contributed by atoms with Gasteiger partial charge in [0.15, 0.2) is 6.61 Å². The molecule has 2 aromatic rings. The molecular weight excluding hydrogens is 361 g/mol. The Morgan fingerprint density at radius 3 is 2.56 bits per heavy atom. The van der Waals surface area contributed by atoms with Crippen LogP contribution >= 0.6 is 0 Å². The summed E-state index contributed by atoms with van der Waals surface area (Å²) in [6, 6.07) is 7.78. The Labute approximate surface area is 154 Å². The molecule has 144 valence electrons. The zero-order valence-corrected chi connectivity index (χ0v) is 14.9.